The van der Waals surface area contributed by atoms with Gasteiger partial charge in [0.25, 0.3) is 0 Å². The second-order valence-corrected chi connectivity index (χ2v) is 8.38. The SMILES string of the molecule is CCCNC1CCCN(C23CC4CC(CC(C4)C2)C3)C1. The first kappa shape index (κ1) is 13.6. The van der Waals surface area contributed by atoms with Gasteiger partial charge in [0.05, 0.1) is 0 Å². The van der Waals surface area contributed by atoms with Crippen molar-refractivity contribution in [3.8, 4) is 0 Å². The summed E-state index contributed by atoms with van der Waals surface area (Å²) in [4.78, 5) is 2.95. The van der Waals surface area contributed by atoms with E-state index in [0.717, 1.165) is 23.8 Å². The van der Waals surface area contributed by atoms with Crippen molar-refractivity contribution in [2.75, 3.05) is 19.6 Å². The zero-order chi connectivity index (χ0) is 13.6. The lowest BCUT2D eigenvalue weighted by atomic mass is 9.52. The molecule has 4 saturated carbocycles. The average molecular weight is 276 g/mol. The van der Waals surface area contributed by atoms with E-state index in [-0.39, 0.29) is 0 Å². The quantitative estimate of drug-likeness (QED) is 0.846. The van der Waals surface area contributed by atoms with Crippen LogP contribution < -0.4 is 5.32 Å². The molecule has 0 spiro atoms. The van der Waals surface area contributed by atoms with Crippen molar-refractivity contribution < 1.29 is 0 Å². The maximum absolute atomic E-state index is 3.79. The van der Waals surface area contributed by atoms with Crippen LogP contribution in [0.4, 0.5) is 0 Å². The Morgan fingerprint density at radius 1 is 1.05 bits per heavy atom. The zero-order valence-corrected chi connectivity index (χ0v) is 13.2. The summed E-state index contributed by atoms with van der Waals surface area (Å²) in [5.41, 5.74) is 0.640. The van der Waals surface area contributed by atoms with E-state index in [1.54, 1.807) is 38.5 Å². The van der Waals surface area contributed by atoms with E-state index in [1.807, 2.05) is 0 Å². The van der Waals surface area contributed by atoms with Crippen molar-refractivity contribution >= 4 is 0 Å². The van der Waals surface area contributed by atoms with Crippen LogP contribution in [0.25, 0.3) is 0 Å². The fraction of sp³-hybridized carbons (Fsp3) is 1.00. The summed E-state index contributed by atoms with van der Waals surface area (Å²) in [6, 6.07) is 0.775. The van der Waals surface area contributed by atoms with Gasteiger partial charge in [0.1, 0.15) is 0 Å². The van der Waals surface area contributed by atoms with Gasteiger partial charge in [0, 0.05) is 18.1 Å². The Morgan fingerprint density at radius 2 is 1.70 bits per heavy atom. The second-order valence-electron chi connectivity index (χ2n) is 8.38. The predicted octanol–water partition coefficient (Wildman–Crippen LogP) is 3.42. The summed E-state index contributed by atoms with van der Waals surface area (Å²) in [5, 5.41) is 3.79. The molecule has 5 aliphatic rings. The van der Waals surface area contributed by atoms with Crippen LogP contribution in [0.1, 0.15) is 64.7 Å². The molecule has 1 saturated heterocycles. The fourth-order valence-electron chi connectivity index (χ4n) is 6.38. The molecule has 1 unspecified atom stereocenters. The van der Waals surface area contributed by atoms with Crippen molar-refractivity contribution in [3.05, 3.63) is 0 Å². The number of hydrogen-bond donors (Lipinski definition) is 1. The highest BCUT2D eigenvalue weighted by Gasteiger charge is 2.53. The van der Waals surface area contributed by atoms with E-state index in [4.69, 9.17) is 0 Å². The molecule has 2 nitrogen and oxygen atoms in total. The van der Waals surface area contributed by atoms with Crippen LogP contribution in [-0.4, -0.2) is 36.1 Å². The van der Waals surface area contributed by atoms with Crippen molar-refractivity contribution in [1.82, 2.24) is 10.2 Å². The number of nitrogens with zero attached hydrogens (tertiary/aromatic N) is 1. The molecule has 1 atom stereocenters. The smallest absolute Gasteiger partial charge is 0.0218 e. The number of nitrogens with one attached hydrogen (secondary N) is 1. The third-order valence-corrected chi connectivity index (χ3v) is 6.78. The van der Waals surface area contributed by atoms with Crippen LogP contribution in [0, 0.1) is 17.8 Å². The van der Waals surface area contributed by atoms with Gasteiger partial charge in [-0.05, 0) is 88.6 Å². The first-order valence-corrected chi connectivity index (χ1v) is 9.26. The largest absolute Gasteiger partial charge is 0.313 e. The molecule has 0 amide bonds. The number of likely N-dealkylation sites (tertiary alicyclic amines) is 1. The van der Waals surface area contributed by atoms with Crippen LogP contribution in [0.2, 0.25) is 0 Å². The van der Waals surface area contributed by atoms with Gasteiger partial charge in [-0.2, -0.15) is 0 Å². The number of hydrogen-bond acceptors (Lipinski definition) is 2. The van der Waals surface area contributed by atoms with E-state index in [9.17, 15) is 0 Å². The lowest BCUT2D eigenvalue weighted by molar-refractivity contribution is -0.0976. The minimum atomic E-state index is 0.640. The van der Waals surface area contributed by atoms with Crippen molar-refractivity contribution in [3.63, 3.8) is 0 Å². The summed E-state index contributed by atoms with van der Waals surface area (Å²) in [7, 11) is 0. The Labute approximate surface area is 124 Å². The van der Waals surface area contributed by atoms with Gasteiger partial charge in [-0.25, -0.2) is 0 Å². The first-order valence-electron chi connectivity index (χ1n) is 9.26. The highest BCUT2D eigenvalue weighted by atomic mass is 15.2. The monoisotopic (exact) mass is 276 g/mol. The van der Waals surface area contributed by atoms with Crippen molar-refractivity contribution in [2.24, 2.45) is 17.8 Å². The third kappa shape index (κ3) is 2.33. The Bertz CT molecular complexity index is 316. The number of piperidine rings is 1. The van der Waals surface area contributed by atoms with Gasteiger partial charge in [0.2, 0.25) is 0 Å². The minimum Gasteiger partial charge on any atom is -0.313 e. The lowest BCUT2D eigenvalue weighted by Crippen LogP contribution is -2.63. The normalized spacial score (nSPS) is 47.9. The second kappa shape index (κ2) is 5.28. The average Bonchev–Trinajstić information content (AvgIpc) is 2.44. The fourth-order valence-corrected chi connectivity index (χ4v) is 6.38. The summed E-state index contributed by atoms with van der Waals surface area (Å²) < 4.78 is 0. The first-order chi connectivity index (χ1) is 9.77. The van der Waals surface area contributed by atoms with E-state index in [0.29, 0.717) is 5.54 Å². The molecule has 0 aromatic carbocycles. The highest BCUT2D eigenvalue weighted by molar-refractivity contribution is 5.08. The molecule has 5 fully saturated rings. The van der Waals surface area contributed by atoms with Gasteiger partial charge in [0.15, 0.2) is 0 Å². The predicted molar refractivity (Wildman–Crippen MR) is 83.8 cm³/mol. The summed E-state index contributed by atoms with van der Waals surface area (Å²) in [6.45, 7) is 6.22. The molecular formula is C18H32N2. The van der Waals surface area contributed by atoms with Crippen LogP contribution in [0.5, 0.6) is 0 Å². The molecule has 1 heterocycles. The van der Waals surface area contributed by atoms with Gasteiger partial charge in [-0.15, -0.1) is 0 Å². The van der Waals surface area contributed by atoms with Crippen molar-refractivity contribution in [1.29, 1.82) is 0 Å². The maximum atomic E-state index is 3.79. The van der Waals surface area contributed by atoms with E-state index >= 15 is 0 Å². The van der Waals surface area contributed by atoms with E-state index in [1.165, 1.54) is 38.9 Å². The maximum Gasteiger partial charge on any atom is 0.0218 e. The van der Waals surface area contributed by atoms with Crippen LogP contribution >= 0.6 is 0 Å². The molecule has 20 heavy (non-hydrogen) atoms. The van der Waals surface area contributed by atoms with Gasteiger partial charge in [-0.3, -0.25) is 4.90 Å². The van der Waals surface area contributed by atoms with Crippen molar-refractivity contribution in [2.45, 2.75) is 76.3 Å². The Kier molecular flexibility index (Phi) is 3.58. The van der Waals surface area contributed by atoms with Gasteiger partial charge in [-0.1, -0.05) is 6.92 Å². The zero-order valence-electron chi connectivity index (χ0n) is 13.2. The van der Waals surface area contributed by atoms with Gasteiger partial charge >= 0.3 is 0 Å². The molecule has 4 aliphatic carbocycles. The lowest BCUT2D eigenvalue weighted by Gasteiger charge is -2.61. The summed E-state index contributed by atoms with van der Waals surface area (Å²) >= 11 is 0. The summed E-state index contributed by atoms with van der Waals surface area (Å²) in [6.07, 6.45) is 13.4. The Balaban J connectivity index is 1.46. The standard InChI is InChI=1S/C18H32N2/c1-2-5-19-17-4-3-6-20(13-17)18-10-14-7-15(11-18)9-16(8-14)12-18/h14-17,19H,2-13H2,1H3. The van der Waals surface area contributed by atoms with Crippen LogP contribution in [-0.2, 0) is 0 Å². The van der Waals surface area contributed by atoms with Crippen LogP contribution in [0.15, 0.2) is 0 Å². The number of rotatable bonds is 4. The topological polar surface area (TPSA) is 15.3 Å². The minimum absolute atomic E-state index is 0.640. The highest BCUT2D eigenvalue weighted by Crippen LogP contribution is 2.58. The van der Waals surface area contributed by atoms with E-state index in [2.05, 4.69) is 17.1 Å². The third-order valence-electron chi connectivity index (χ3n) is 6.78. The molecule has 0 radical (unpaired) electrons. The molecule has 2 heteroatoms. The van der Waals surface area contributed by atoms with E-state index < -0.39 is 0 Å². The molecule has 4 bridgehead atoms. The molecular weight excluding hydrogens is 244 g/mol. The Hall–Kier alpha value is -0.0800. The molecule has 0 aromatic rings. The molecule has 1 aliphatic heterocycles. The molecule has 114 valence electrons. The molecule has 5 rings (SSSR count). The Morgan fingerprint density at radius 3 is 2.30 bits per heavy atom. The van der Waals surface area contributed by atoms with Crippen LogP contribution in [0.3, 0.4) is 0 Å². The van der Waals surface area contributed by atoms with Gasteiger partial charge < -0.3 is 5.32 Å². The summed E-state index contributed by atoms with van der Waals surface area (Å²) in [5.74, 6) is 3.26. The molecule has 1 N–H and O–H groups in total. The molecule has 0 aromatic heterocycles.